The van der Waals surface area contributed by atoms with E-state index in [-0.39, 0.29) is 28.6 Å². The Morgan fingerprint density at radius 2 is 1.77 bits per heavy atom. The summed E-state index contributed by atoms with van der Waals surface area (Å²) in [6, 6.07) is 15.5. The predicted octanol–water partition coefficient (Wildman–Crippen LogP) is 5.61. The molecule has 5 heteroatoms. The van der Waals surface area contributed by atoms with Gasteiger partial charge in [0.25, 0.3) is 0 Å². The molecule has 0 aliphatic carbocycles. The van der Waals surface area contributed by atoms with Gasteiger partial charge in [0.1, 0.15) is 11.2 Å². The Hall–Kier alpha value is -1.85. The average Bonchev–Trinajstić information content (AvgIpc) is 3.17. The normalized spacial score (nSPS) is 17.2. The smallest absolute Gasteiger partial charge is 0.237 e. The van der Waals surface area contributed by atoms with Gasteiger partial charge in [-0.25, -0.2) is 4.39 Å². The van der Waals surface area contributed by atoms with Crippen LogP contribution in [0.4, 0.5) is 4.39 Å². The van der Waals surface area contributed by atoms with Crippen molar-refractivity contribution in [3.63, 3.8) is 0 Å². The first kappa shape index (κ1) is 22.8. The molecule has 0 spiro atoms. The van der Waals surface area contributed by atoms with Crippen molar-refractivity contribution in [3.05, 3.63) is 71.0 Å². The lowest BCUT2D eigenvalue weighted by Gasteiger charge is -2.30. The van der Waals surface area contributed by atoms with Crippen LogP contribution < -0.4 is 0 Å². The van der Waals surface area contributed by atoms with Crippen LogP contribution in [0.1, 0.15) is 56.7 Å². The van der Waals surface area contributed by atoms with Gasteiger partial charge in [0.05, 0.1) is 6.54 Å². The largest absolute Gasteiger partial charge is 0.325 e. The van der Waals surface area contributed by atoms with E-state index in [0.717, 1.165) is 24.4 Å². The van der Waals surface area contributed by atoms with Crippen LogP contribution in [-0.4, -0.2) is 40.6 Å². The summed E-state index contributed by atoms with van der Waals surface area (Å²) in [5, 5.41) is -0.0295. The van der Waals surface area contributed by atoms with Gasteiger partial charge in [-0.05, 0) is 48.1 Å². The van der Waals surface area contributed by atoms with Gasteiger partial charge in [-0.2, -0.15) is 0 Å². The SMILES string of the molecule is CC(C)N(CC(=O)N1CCS[C@@H]1c1ccc(F)cc1)Cc1ccc(C(C)(C)C)cc1. The predicted molar refractivity (Wildman–Crippen MR) is 124 cm³/mol. The zero-order valence-electron chi connectivity index (χ0n) is 18.7. The third-order valence-corrected chi connectivity index (χ3v) is 6.90. The monoisotopic (exact) mass is 428 g/mol. The van der Waals surface area contributed by atoms with Crippen molar-refractivity contribution in [1.82, 2.24) is 9.80 Å². The lowest BCUT2D eigenvalue weighted by atomic mass is 9.87. The van der Waals surface area contributed by atoms with E-state index in [1.807, 2.05) is 4.90 Å². The second-order valence-corrected chi connectivity index (χ2v) is 10.5. The zero-order valence-corrected chi connectivity index (χ0v) is 19.5. The maximum absolute atomic E-state index is 13.3. The molecule has 1 heterocycles. The summed E-state index contributed by atoms with van der Waals surface area (Å²) in [6.07, 6.45) is 0. The van der Waals surface area contributed by atoms with E-state index in [1.54, 1.807) is 23.9 Å². The number of halogens is 1. The molecule has 1 saturated heterocycles. The van der Waals surface area contributed by atoms with E-state index >= 15 is 0 Å². The van der Waals surface area contributed by atoms with Gasteiger partial charge in [-0.1, -0.05) is 57.2 Å². The fraction of sp³-hybridized carbons (Fsp3) is 0.480. The standard InChI is InChI=1S/C25H33FN2OS/c1-18(2)27(16-19-6-10-21(11-7-19)25(3,4)5)17-23(29)28-14-15-30-24(28)20-8-12-22(26)13-9-20/h6-13,18,24H,14-17H2,1-5H3/t24-/m1/s1. The summed E-state index contributed by atoms with van der Waals surface area (Å²) in [7, 11) is 0. The summed E-state index contributed by atoms with van der Waals surface area (Å²) >= 11 is 1.75. The molecule has 2 aromatic rings. The first-order valence-electron chi connectivity index (χ1n) is 10.6. The molecule has 2 aromatic carbocycles. The molecule has 0 unspecified atom stereocenters. The van der Waals surface area contributed by atoms with Crippen molar-refractivity contribution in [3.8, 4) is 0 Å². The Kier molecular flexibility index (Phi) is 7.25. The van der Waals surface area contributed by atoms with Gasteiger partial charge in [-0.3, -0.25) is 9.69 Å². The molecule has 30 heavy (non-hydrogen) atoms. The molecule has 1 atom stereocenters. The second kappa shape index (κ2) is 9.52. The maximum atomic E-state index is 13.3. The molecule has 3 nitrogen and oxygen atoms in total. The Labute approximate surface area is 184 Å². The molecular formula is C25H33FN2OS. The van der Waals surface area contributed by atoms with Gasteiger partial charge >= 0.3 is 0 Å². The molecule has 0 radical (unpaired) electrons. The highest BCUT2D eigenvalue weighted by atomic mass is 32.2. The highest BCUT2D eigenvalue weighted by Gasteiger charge is 2.31. The number of rotatable bonds is 6. The van der Waals surface area contributed by atoms with Crippen molar-refractivity contribution in [2.24, 2.45) is 0 Å². The van der Waals surface area contributed by atoms with Crippen molar-refractivity contribution in [2.45, 2.75) is 58.0 Å². The van der Waals surface area contributed by atoms with Gasteiger partial charge in [-0.15, -0.1) is 11.8 Å². The van der Waals surface area contributed by atoms with Gasteiger partial charge in [0, 0.05) is 24.9 Å². The number of hydrogen-bond donors (Lipinski definition) is 0. The number of nitrogens with zero attached hydrogens (tertiary/aromatic N) is 2. The molecule has 162 valence electrons. The summed E-state index contributed by atoms with van der Waals surface area (Å²) in [5.74, 6) is 0.793. The van der Waals surface area contributed by atoms with E-state index < -0.39 is 0 Å². The van der Waals surface area contributed by atoms with Crippen LogP contribution in [0.25, 0.3) is 0 Å². The van der Waals surface area contributed by atoms with Crippen molar-refractivity contribution in [1.29, 1.82) is 0 Å². The first-order chi connectivity index (χ1) is 14.1. The van der Waals surface area contributed by atoms with Crippen molar-refractivity contribution in [2.75, 3.05) is 18.8 Å². The van der Waals surface area contributed by atoms with E-state index in [4.69, 9.17) is 0 Å². The van der Waals surface area contributed by atoms with Crippen LogP contribution in [0.2, 0.25) is 0 Å². The van der Waals surface area contributed by atoms with Crippen molar-refractivity contribution >= 4 is 17.7 Å². The van der Waals surface area contributed by atoms with Gasteiger partial charge in [0.15, 0.2) is 0 Å². The Bertz CT molecular complexity index is 843. The van der Waals surface area contributed by atoms with E-state index in [2.05, 4.69) is 63.8 Å². The van der Waals surface area contributed by atoms with Crippen LogP contribution in [0.3, 0.4) is 0 Å². The number of hydrogen-bond acceptors (Lipinski definition) is 3. The summed E-state index contributed by atoms with van der Waals surface area (Å²) in [6.45, 7) is 12.8. The number of carbonyl (C=O) groups is 1. The fourth-order valence-electron chi connectivity index (χ4n) is 3.66. The lowest BCUT2D eigenvalue weighted by Crippen LogP contribution is -2.42. The third-order valence-electron chi connectivity index (χ3n) is 5.64. The zero-order chi connectivity index (χ0) is 21.9. The van der Waals surface area contributed by atoms with Crippen LogP contribution in [-0.2, 0) is 16.8 Å². The minimum absolute atomic E-state index is 0.0295. The van der Waals surface area contributed by atoms with E-state index in [1.165, 1.54) is 23.3 Å². The maximum Gasteiger partial charge on any atom is 0.237 e. The summed E-state index contributed by atoms with van der Waals surface area (Å²) in [4.78, 5) is 17.3. The second-order valence-electron chi connectivity index (χ2n) is 9.31. The molecule has 1 fully saturated rings. The molecule has 0 bridgehead atoms. The molecule has 0 N–H and O–H groups in total. The summed E-state index contributed by atoms with van der Waals surface area (Å²) < 4.78 is 13.3. The molecule has 1 amide bonds. The Morgan fingerprint density at radius 1 is 1.13 bits per heavy atom. The van der Waals surface area contributed by atoms with Crippen molar-refractivity contribution < 1.29 is 9.18 Å². The molecule has 0 aromatic heterocycles. The highest BCUT2D eigenvalue weighted by molar-refractivity contribution is 7.99. The fourth-order valence-corrected chi connectivity index (χ4v) is 4.94. The number of thioether (sulfide) groups is 1. The third kappa shape index (κ3) is 5.64. The quantitative estimate of drug-likeness (QED) is 0.598. The number of benzene rings is 2. The van der Waals surface area contributed by atoms with Crippen LogP contribution >= 0.6 is 11.8 Å². The summed E-state index contributed by atoms with van der Waals surface area (Å²) in [5.41, 5.74) is 3.65. The molecule has 3 rings (SSSR count). The molecule has 1 aliphatic heterocycles. The highest BCUT2D eigenvalue weighted by Crippen LogP contribution is 2.38. The minimum atomic E-state index is -0.247. The number of carbonyl (C=O) groups excluding carboxylic acids is 1. The van der Waals surface area contributed by atoms with Gasteiger partial charge in [0.2, 0.25) is 5.91 Å². The van der Waals surface area contributed by atoms with E-state index in [0.29, 0.717) is 6.54 Å². The molecule has 1 aliphatic rings. The number of amides is 1. The first-order valence-corrected chi connectivity index (χ1v) is 11.7. The van der Waals surface area contributed by atoms with Crippen LogP contribution in [0, 0.1) is 5.82 Å². The van der Waals surface area contributed by atoms with Crippen LogP contribution in [0.5, 0.6) is 0 Å². The minimum Gasteiger partial charge on any atom is -0.325 e. The Morgan fingerprint density at radius 3 is 2.33 bits per heavy atom. The molecule has 0 saturated carbocycles. The lowest BCUT2D eigenvalue weighted by molar-refractivity contribution is -0.133. The van der Waals surface area contributed by atoms with Gasteiger partial charge < -0.3 is 4.90 Å². The van der Waals surface area contributed by atoms with Crippen LogP contribution in [0.15, 0.2) is 48.5 Å². The Balaban J connectivity index is 1.68. The van der Waals surface area contributed by atoms with E-state index in [9.17, 15) is 9.18 Å². The molecular weight excluding hydrogens is 395 g/mol. The average molecular weight is 429 g/mol. The topological polar surface area (TPSA) is 23.6 Å².